The Balaban J connectivity index is 0.000000494. The topological polar surface area (TPSA) is 38.3 Å². The predicted octanol–water partition coefficient (Wildman–Crippen LogP) is 3.03. The van der Waals surface area contributed by atoms with Gasteiger partial charge in [0.25, 0.3) is 0 Å². The van der Waals surface area contributed by atoms with Gasteiger partial charge in [-0.25, -0.2) is 0 Å². The number of methoxy groups -OCH3 is 1. The monoisotopic (exact) mass is 257 g/mol. The zero-order valence-corrected chi connectivity index (χ0v) is 12.8. The Hall–Kier alpha value is -0.410. The number of Topliss-reactive ketones (excluding diaryl/α,β-unsaturated/α-hetero) is 1. The van der Waals surface area contributed by atoms with Crippen molar-refractivity contribution in [2.24, 2.45) is 11.8 Å². The van der Waals surface area contributed by atoms with Gasteiger partial charge in [0.1, 0.15) is 0 Å². The van der Waals surface area contributed by atoms with Crippen LogP contribution < -0.4 is 5.32 Å². The quantitative estimate of drug-likeness (QED) is 0.795. The summed E-state index contributed by atoms with van der Waals surface area (Å²) in [6.07, 6.45) is 4.33. The van der Waals surface area contributed by atoms with Crippen molar-refractivity contribution in [2.45, 2.75) is 59.4 Å². The lowest BCUT2D eigenvalue weighted by Gasteiger charge is -2.13. The van der Waals surface area contributed by atoms with Gasteiger partial charge in [0.15, 0.2) is 5.78 Å². The van der Waals surface area contributed by atoms with Crippen LogP contribution in [0.4, 0.5) is 0 Å². The van der Waals surface area contributed by atoms with Crippen LogP contribution in [0.25, 0.3) is 0 Å². The molecule has 0 aromatic carbocycles. The summed E-state index contributed by atoms with van der Waals surface area (Å²) < 4.78 is 4.69. The standard InChI is InChI=1S/C11H21NO.C4H10O/c1-4-8(3)11(13)10-6-9(5-2)7-12-10;1-3-4-5-2/h8-10,12H,4-7H2,1-3H3;3-4H2,1-2H3. The van der Waals surface area contributed by atoms with Crippen LogP contribution in [0.3, 0.4) is 0 Å². The van der Waals surface area contributed by atoms with Crippen LogP contribution in [0.5, 0.6) is 0 Å². The number of ether oxygens (including phenoxy) is 1. The fourth-order valence-corrected chi connectivity index (χ4v) is 2.09. The van der Waals surface area contributed by atoms with Crippen LogP contribution in [0, 0.1) is 11.8 Å². The van der Waals surface area contributed by atoms with E-state index < -0.39 is 0 Å². The summed E-state index contributed by atoms with van der Waals surface area (Å²) in [6, 6.07) is 0.153. The maximum atomic E-state index is 11.8. The second kappa shape index (κ2) is 10.5. The molecule has 1 saturated heterocycles. The van der Waals surface area contributed by atoms with Gasteiger partial charge in [0.05, 0.1) is 6.04 Å². The summed E-state index contributed by atoms with van der Waals surface area (Å²) in [6.45, 7) is 10.3. The molecule has 1 aliphatic heterocycles. The van der Waals surface area contributed by atoms with Gasteiger partial charge in [0.2, 0.25) is 0 Å². The average molecular weight is 257 g/mol. The third kappa shape index (κ3) is 6.50. The molecule has 1 fully saturated rings. The zero-order chi connectivity index (χ0) is 14.0. The van der Waals surface area contributed by atoms with E-state index in [1.165, 1.54) is 6.42 Å². The molecule has 3 unspecified atom stereocenters. The minimum Gasteiger partial charge on any atom is -0.385 e. The van der Waals surface area contributed by atoms with E-state index in [0.717, 1.165) is 38.3 Å². The molecule has 0 spiro atoms. The molecule has 0 saturated carbocycles. The first-order valence-corrected chi connectivity index (χ1v) is 7.36. The molecule has 0 aromatic heterocycles. The molecule has 0 aromatic rings. The molecule has 3 heteroatoms. The SMILES string of the molecule is CCC1CNC(C(=O)C(C)CC)C1.CCCOC. The van der Waals surface area contributed by atoms with Gasteiger partial charge in [-0.1, -0.05) is 34.1 Å². The van der Waals surface area contributed by atoms with Gasteiger partial charge >= 0.3 is 0 Å². The highest BCUT2D eigenvalue weighted by atomic mass is 16.5. The van der Waals surface area contributed by atoms with E-state index in [1.54, 1.807) is 7.11 Å². The fraction of sp³-hybridized carbons (Fsp3) is 0.933. The Labute approximate surface area is 113 Å². The van der Waals surface area contributed by atoms with E-state index in [-0.39, 0.29) is 12.0 Å². The predicted molar refractivity (Wildman–Crippen MR) is 76.8 cm³/mol. The lowest BCUT2D eigenvalue weighted by atomic mass is 9.93. The molecule has 0 aliphatic carbocycles. The van der Waals surface area contributed by atoms with Crippen molar-refractivity contribution in [1.29, 1.82) is 0 Å². The minimum absolute atomic E-state index is 0.153. The lowest BCUT2D eigenvalue weighted by molar-refractivity contribution is -0.124. The molecule has 1 heterocycles. The first kappa shape index (κ1) is 17.6. The molecule has 108 valence electrons. The molecule has 1 aliphatic rings. The number of nitrogens with one attached hydrogen (secondary N) is 1. The summed E-state index contributed by atoms with van der Waals surface area (Å²) >= 11 is 0. The molecule has 18 heavy (non-hydrogen) atoms. The van der Waals surface area contributed by atoms with Crippen LogP contribution in [0.2, 0.25) is 0 Å². The van der Waals surface area contributed by atoms with Gasteiger partial charge in [-0.05, 0) is 31.7 Å². The third-order valence-electron chi connectivity index (χ3n) is 3.65. The van der Waals surface area contributed by atoms with E-state index >= 15 is 0 Å². The Bertz CT molecular complexity index is 217. The van der Waals surface area contributed by atoms with E-state index in [4.69, 9.17) is 4.74 Å². The van der Waals surface area contributed by atoms with Gasteiger partial charge < -0.3 is 10.1 Å². The summed E-state index contributed by atoms with van der Waals surface area (Å²) in [5.41, 5.74) is 0. The van der Waals surface area contributed by atoms with Gasteiger partial charge in [0, 0.05) is 19.6 Å². The second-order valence-electron chi connectivity index (χ2n) is 5.18. The van der Waals surface area contributed by atoms with Crippen LogP contribution in [0.15, 0.2) is 0 Å². The molecule has 3 atom stereocenters. The fourth-order valence-electron chi connectivity index (χ4n) is 2.09. The summed E-state index contributed by atoms with van der Waals surface area (Å²) in [7, 11) is 1.71. The molecular formula is C15H31NO2. The van der Waals surface area contributed by atoms with Crippen LogP contribution in [-0.2, 0) is 9.53 Å². The maximum Gasteiger partial charge on any atom is 0.152 e. The van der Waals surface area contributed by atoms with Crippen LogP contribution in [-0.4, -0.2) is 32.1 Å². The van der Waals surface area contributed by atoms with Gasteiger partial charge in [-0.15, -0.1) is 0 Å². The van der Waals surface area contributed by atoms with E-state index in [2.05, 4.69) is 26.1 Å². The molecular weight excluding hydrogens is 226 g/mol. The van der Waals surface area contributed by atoms with E-state index in [1.807, 2.05) is 6.92 Å². The van der Waals surface area contributed by atoms with Crippen molar-refractivity contribution in [3.05, 3.63) is 0 Å². The number of hydrogen-bond acceptors (Lipinski definition) is 3. The Kier molecular flexibility index (Phi) is 10.3. The normalized spacial score (nSPS) is 24.3. The van der Waals surface area contributed by atoms with Crippen molar-refractivity contribution in [3.8, 4) is 0 Å². The molecule has 3 nitrogen and oxygen atoms in total. The van der Waals surface area contributed by atoms with Crippen molar-refractivity contribution in [2.75, 3.05) is 20.3 Å². The average Bonchev–Trinajstić information content (AvgIpc) is 2.87. The number of carbonyl (C=O) groups is 1. The van der Waals surface area contributed by atoms with Crippen LogP contribution >= 0.6 is 0 Å². The van der Waals surface area contributed by atoms with Crippen molar-refractivity contribution < 1.29 is 9.53 Å². The summed E-state index contributed by atoms with van der Waals surface area (Å²) in [5, 5.41) is 3.32. The van der Waals surface area contributed by atoms with Crippen molar-refractivity contribution >= 4 is 5.78 Å². The van der Waals surface area contributed by atoms with Crippen molar-refractivity contribution in [3.63, 3.8) is 0 Å². The largest absolute Gasteiger partial charge is 0.385 e. The smallest absolute Gasteiger partial charge is 0.152 e. The van der Waals surface area contributed by atoms with Gasteiger partial charge in [-0.3, -0.25) is 4.79 Å². The number of rotatable bonds is 6. The highest BCUT2D eigenvalue weighted by Crippen LogP contribution is 2.20. The number of hydrogen-bond donors (Lipinski definition) is 1. The zero-order valence-electron chi connectivity index (χ0n) is 12.8. The van der Waals surface area contributed by atoms with Gasteiger partial charge in [-0.2, -0.15) is 0 Å². The first-order valence-electron chi connectivity index (χ1n) is 7.36. The first-order chi connectivity index (χ1) is 8.60. The Morgan fingerprint density at radius 2 is 2.06 bits per heavy atom. The minimum atomic E-state index is 0.153. The van der Waals surface area contributed by atoms with Crippen LogP contribution in [0.1, 0.15) is 53.4 Å². The summed E-state index contributed by atoms with van der Waals surface area (Å²) in [4.78, 5) is 11.8. The Morgan fingerprint density at radius 1 is 1.39 bits per heavy atom. The van der Waals surface area contributed by atoms with E-state index in [9.17, 15) is 4.79 Å². The molecule has 0 bridgehead atoms. The molecule has 1 N–H and O–H groups in total. The molecule has 0 radical (unpaired) electrons. The summed E-state index contributed by atoms with van der Waals surface area (Å²) in [5.74, 6) is 1.37. The number of ketones is 1. The Morgan fingerprint density at radius 3 is 2.39 bits per heavy atom. The lowest BCUT2D eigenvalue weighted by Crippen LogP contribution is -2.34. The highest BCUT2D eigenvalue weighted by molar-refractivity contribution is 5.86. The molecule has 0 amide bonds. The number of carbonyl (C=O) groups excluding carboxylic acids is 1. The van der Waals surface area contributed by atoms with E-state index in [0.29, 0.717) is 5.78 Å². The highest BCUT2D eigenvalue weighted by Gasteiger charge is 2.29. The maximum absolute atomic E-state index is 11.8. The third-order valence-corrected chi connectivity index (χ3v) is 3.65. The van der Waals surface area contributed by atoms with Crippen molar-refractivity contribution in [1.82, 2.24) is 5.32 Å². The second-order valence-corrected chi connectivity index (χ2v) is 5.18. The molecule has 1 rings (SSSR count).